The fraction of sp³-hybridized carbons (Fsp3) is 1.00. The number of ether oxygens (including phenoxy) is 1. The van der Waals surface area contributed by atoms with E-state index in [0.29, 0.717) is 25.7 Å². The molecule has 0 aliphatic carbocycles. The summed E-state index contributed by atoms with van der Waals surface area (Å²) in [6.07, 6.45) is 1.82. The topological polar surface area (TPSA) is 52.9 Å². The zero-order chi connectivity index (χ0) is 11.1. The highest BCUT2D eigenvalue weighted by atomic mass is 16.5. The Kier molecular flexibility index (Phi) is 6.17. The average Bonchev–Trinajstić information content (AvgIpc) is 2.26. The summed E-state index contributed by atoms with van der Waals surface area (Å²) >= 11 is 0. The van der Waals surface area contributed by atoms with Crippen LogP contribution >= 0.6 is 0 Å². The van der Waals surface area contributed by atoms with Crippen molar-refractivity contribution in [3.63, 3.8) is 0 Å². The number of nitrogens with zero attached hydrogens (tertiary/aromatic N) is 1. The summed E-state index contributed by atoms with van der Waals surface area (Å²) < 4.78 is 5.16. The van der Waals surface area contributed by atoms with Crippen molar-refractivity contribution in [3.8, 4) is 0 Å². The third-order valence-electron chi connectivity index (χ3n) is 2.84. The molecule has 4 nitrogen and oxygen atoms in total. The van der Waals surface area contributed by atoms with Crippen molar-refractivity contribution in [1.82, 2.24) is 4.90 Å². The van der Waals surface area contributed by atoms with E-state index in [0.717, 1.165) is 25.9 Å². The fourth-order valence-electron chi connectivity index (χ4n) is 2.07. The maximum atomic E-state index is 9.66. The van der Waals surface area contributed by atoms with E-state index in [4.69, 9.17) is 9.84 Å². The summed E-state index contributed by atoms with van der Waals surface area (Å²) in [7, 11) is 0. The lowest BCUT2D eigenvalue weighted by Crippen LogP contribution is -2.42. The molecule has 0 aromatic heterocycles. The molecule has 1 saturated heterocycles. The first-order valence-corrected chi connectivity index (χ1v) is 5.85. The number of piperidine rings is 1. The second-order valence-corrected chi connectivity index (χ2v) is 4.26. The van der Waals surface area contributed by atoms with E-state index in [1.165, 1.54) is 0 Å². The van der Waals surface area contributed by atoms with Crippen molar-refractivity contribution in [1.29, 1.82) is 0 Å². The first-order valence-electron chi connectivity index (χ1n) is 5.85. The maximum absolute atomic E-state index is 9.66. The molecule has 0 spiro atoms. The Morgan fingerprint density at radius 1 is 1.53 bits per heavy atom. The zero-order valence-electron chi connectivity index (χ0n) is 9.56. The first-order chi connectivity index (χ1) is 7.26. The van der Waals surface area contributed by atoms with Gasteiger partial charge in [-0.2, -0.15) is 0 Å². The minimum Gasteiger partial charge on any atom is -0.396 e. The van der Waals surface area contributed by atoms with Crippen molar-refractivity contribution < 1.29 is 14.9 Å². The Hall–Kier alpha value is -0.160. The molecule has 4 heteroatoms. The molecule has 0 aromatic carbocycles. The van der Waals surface area contributed by atoms with Crippen molar-refractivity contribution >= 4 is 0 Å². The van der Waals surface area contributed by atoms with Crippen LogP contribution in [-0.2, 0) is 4.74 Å². The molecule has 2 atom stereocenters. The predicted molar refractivity (Wildman–Crippen MR) is 58.7 cm³/mol. The molecule has 0 aromatic rings. The van der Waals surface area contributed by atoms with E-state index < -0.39 is 6.10 Å². The van der Waals surface area contributed by atoms with Crippen LogP contribution in [0, 0.1) is 5.92 Å². The van der Waals surface area contributed by atoms with Gasteiger partial charge in [0.1, 0.15) is 0 Å². The Balaban J connectivity index is 2.19. The monoisotopic (exact) mass is 217 g/mol. The molecule has 1 rings (SSSR count). The second-order valence-electron chi connectivity index (χ2n) is 4.26. The number of hydrogen-bond donors (Lipinski definition) is 2. The molecule has 15 heavy (non-hydrogen) atoms. The van der Waals surface area contributed by atoms with Crippen molar-refractivity contribution in [2.45, 2.75) is 25.9 Å². The molecule has 1 fully saturated rings. The number of rotatable bonds is 6. The molecule has 0 saturated carbocycles. The highest BCUT2D eigenvalue weighted by Gasteiger charge is 2.20. The lowest BCUT2D eigenvalue weighted by molar-refractivity contribution is 0.00926. The zero-order valence-corrected chi connectivity index (χ0v) is 9.56. The highest BCUT2D eigenvalue weighted by Crippen LogP contribution is 2.15. The van der Waals surface area contributed by atoms with Crippen LogP contribution in [0.3, 0.4) is 0 Å². The molecular weight excluding hydrogens is 194 g/mol. The molecule has 2 N–H and O–H groups in total. The number of β-amino-alcohol motifs (C(OH)–C–C–N with tert-alkyl or cyclic N) is 1. The number of aliphatic hydroxyl groups excluding tert-OH is 2. The minimum absolute atomic E-state index is 0.262. The first kappa shape index (κ1) is 12.9. The van der Waals surface area contributed by atoms with E-state index in [1.54, 1.807) is 0 Å². The molecule has 0 bridgehead atoms. The van der Waals surface area contributed by atoms with Gasteiger partial charge < -0.3 is 19.8 Å². The molecule has 1 aliphatic rings. The van der Waals surface area contributed by atoms with Gasteiger partial charge in [0.25, 0.3) is 0 Å². The smallest absolute Gasteiger partial charge is 0.0900 e. The summed E-state index contributed by atoms with van der Waals surface area (Å²) in [5.41, 5.74) is 0. The quantitative estimate of drug-likeness (QED) is 0.662. The van der Waals surface area contributed by atoms with Crippen LogP contribution in [0.2, 0.25) is 0 Å². The number of aliphatic hydroxyl groups is 2. The van der Waals surface area contributed by atoms with Crippen LogP contribution in [0.1, 0.15) is 19.8 Å². The van der Waals surface area contributed by atoms with Crippen LogP contribution in [0.4, 0.5) is 0 Å². The molecule has 0 amide bonds. The Labute approximate surface area is 91.8 Å². The number of hydrogen-bond acceptors (Lipinski definition) is 4. The van der Waals surface area contributed by atoms with Crippen molar-refractivity contribution in [2.24, 2.45) is 5.92 Å². The van der Waals surface area contributed by atoms with E-state index >= 15 is 0 Å². The SMILES string of the molecule is CCOCC(O)CN1CCCC(CO)C1. The largest absolute Gasteiger partial charge is 0.396 e. The van der Waals surface area contributed by atoms with Gasteiger partial charge in [-0.1, -0.05) is 0 Å². The minimum atomic E-state index is -0.401. The summed E-state index contributed by atoms with van der Waals surface area (Å²) in [5.74, 6) is 0.387. The van der Waals surface area contributed by atoms with Gasteiger partial charge >= 0.3 is 0 Å². The Bertz CT molecular complexity index is 166. The standard InChI is InChI=1S/C11H23NO3/c1-2-15-9-11(14)7-12-5-3-4-10(6-12)8-13/h10-11,13-14H,2-9H2,1H3. The van der Waals surface area contributed by atoms with Gasteiger partial charge in [-0.15, -0.1) is 0 Å². The second kappa shape index (κ2) is 7.17. The normalized spacial score (nSPS) is 25.4. The third-order valence-corrected chi connectivity index (χ3v) is 2.84. The van der Waals surface area contributed by atoms with Crippen LogP contribution in [0.25, 0.3) is 0 Å². The van der Waals surface area contributed by atoms with Gasteiger partial charge in [-0.05, 0) is 32.2 Å². The van der Waals surface area contributed by atoms with Crippen LogP contribution in [-0.4, -0.2) is 60.7 Å². The van der Waals surface area contributed by atoms with Crippen molar-refractivity contribution in [3.05, 3.63) is 0 Å². The maximum Gasteiger partial charge on any atom is 0.0900 e. The average molecular weight is 217 g/mol. The summed E-state index contributed by atoms with van der Waals surface area (Å²) in [6.45, 7) is 5.84. The van der Waals surface area contributed by atoms with Gasteiger partial charge in [0, 0.05) is 26.3 Å². The number of likely N-dealkylation sites (tertiary alicyclic amines) is 1. The summed E-state index contributed by atoms with van der Waals surface area (Å²) in [6, 6.07) is 0. The van der Waals surface area contributed by atoms with Crippen LogP contribution in [0.5, 0.6) is 0 Å². The van der Waals surface area contributed by atoms with Gasteiger partial charge in [-0.25, -0.2) is 0 Å². The van der Waals surface area contributed by atoms with Crippen LogP contribution < -0.4 is 0 Å². The van der Waals surface area contributed by atoms with E-state index in [1.807, 2.05) is 6.92 Å². The molecule has 90 valence electrons. The van der Waals surface area contributed by atoms with Gasteiger partial charge in [-0.3, -0.25) is 0 Å². The van der Waals surface area contributed by atoms with Crippen LogP contribution in [0.15, 0.2) is 0 Å². The van der Waals surface area contributed by atoms with Gasteiger partial charge in [0.2, 0.25) is 0 Å². The van der Waals surface area contributed by atoms with E-state index in [2.05, 4.69) is 4.90 Å². The van der Waals surface area contributed by atoms with Gasteiger partial charge in [0.05, 0.1) is 12.7 Å². The molecular formula is C11H23NO3. The lowest BCUT2D eigenvalue weighted by atomic mass is 9.99. The molecule has 1 aliphatic heterocycles. The van der Waals surface area contributed by atoms with Gasteiger partial charge in [0.15, 0.2) is 0 Å². The Morgan fingerprint density at radius 3 is 3.00 bits per heavy atom. The predicted octanol–water partition coefficient (Wildman–Crippen LogP) is 0.0881. The summed E-state index contributed by atoms with van der Waals surface area (Å²) in [4.78, 5) is 2.22. The third kappa shape index (κ3) is 4.93. The molecule has 2 unspecified atom stereocenters. The van der Waals surface area contributed by atoms with E-state index in [-0.39, 0.29) is 6.61 Å². The molecule has 1 heterocycles. The Morgan fingerprint density at radius 2 is 2.33 bits per heavy atom. The lowest BCUT2D eigenvalue weighted by Gasteiger charge is -2.32. The molecule has 0 radical (unpaired) electrons. The summed E-state index contributed by atoms with van der Waals surface area (Å²) in [5, 5.41) is 18.7. The highest BCUT2D eigenvalue weighted by molar-refractivity contribution is 4.74. The van der Waals surface area contributed by atoms with E-state index in [9.17, 15) is 5.11 Å². The fourth-order valence-corrected chi connectivity index (χ4v) is 2.07. The van der Waals surface area contributed by atoms with Crippen molar-refractivity contribution in [2.75, 3.05) is 39.5 Å².